The highest BCUT2D eigenvalue weighted by Gasteiger charge is 2.21. The number of piperidine rings is 1. The number of carbonyl (C=O) groups is 2. The van der Waals surface area contributed by atoms with E-state index in [4.69, 9.17) is 4.74 Å². The fourth-order valence-corrected chi connectivity index (χ4v) is 2.69. The molecule has 132 valence electrons. The summed E-state index contributed by atoms with van der Waals surface area (Å²) in [5, 5.41) is 9.03. The standard InChI is InChI=1S/C18H27N3O3/c1-2-24-12-4-9-20-17(22)15-5-3-6-16(13-15)21-18(23)14-7-10-19-11-8-14/h3,5-6,13-14,19H,2,4,7-12H2,1H3,(H,20,22)(H,21,23). The van der Waals surface area contributed by atoms with Gasteiger partial charge in [0.1, 0.15) is 0 Å². The van der Waals surface area contributed by atoms with Crippen LogP contribution >= 0.6 is 0 Å². The van der Waals surface area contributed by atoms with E-state index in [2.05, 4.69) is 16.0 Å². The maximum absolute atomic E-state index is 12.3. The lowest BCUT2D eigenvalue weighted by Gasteiger charge is -2.21. The first-order chi connectivity index (χ1) is 11.7. The predicted molar refractivity (Wildman–Crippen MR) is 94.1 cm³/mol. The van der Waals surface area contributed by atoms with Crippen molar-refractivity contribution in [1.29, 1.82) is 0 Å². The lowest BCUT2D eigenvalue weighted by molar-refractivity contribution is -0.120. The van der Waals surface area contributed by atoms with E-state index in [0.29, 0.717) is 31.0 Å². The van der Waals surface area contributed by atoms with Crippen LogP contribution in [0.2, 0.25) is 0 Å². The number of amides is 2. The van der Waals surface area contributed by atoms with Crippen LogP contribution in [0, 0.1) is 5.92 Å². The van der Waals surface area contributed by atoms with Gasteiger partial charge in [0.2, 0.25) is 5.91 Å². The maximum Gasteiger partial charge on any atom is 0.251 e. The average molecular weight is 333 g/mol. The summed E-state index contributed by atoms with van der Waals surface area (Å²) in [5.74, 6) is -0.0578. The van der Waals surface area contributed by atoms with Gasteiger partial charge in [0, 0.05) is 36.9 Å². The van der Waals surface area contributed by atoms with Gasteiger partial charge >= 0.3 is 0 Å². The summed E-state index contributed by atoms with van der Waals surface area (Å²) in [7, 11) is 0. The molecule has 0 unspecified atom stereocenters. The number of hydrogen-bond donors (Lipinski definition) is 3. The van der Waals surface area contributed by atoms with Crippen LogP contribution in [0.1, 0.15) is 36.5 Å². The van der Waals surface area contributed by atoms with Crippen LogP contribution in [-0.2, 0) is 9.53 Å². The molecule has 0 spiro atoms. The number of rotatable bonds is 8. The molecule has 0 radical (unpaired) electrons. The fourth-order valence-electron chi connectivity index (χ4n) is 2.69. The molecule has 1 saturated heterocycles. The highest BCUT2D eigenvalue weighted by Crippen LogP contribution is 2.16. The summed E-state index contributed by atoms with van der Waals surface area (Å²) in [6, 6.07) is 7.06. The largest absolute Gasteiger partial charge is 0.382 e. The smallest absolute Gasteiger partial charge is 0.251 e. The van der Waals surface area contributed by atoms with Gasteiger partial charge in [-0.2, -0.15) is 0 Å². The molecule has 24 heavy (non-hydrogen) atoms. The molecular formula is C18H27N3O3. The maximum atomic E-state index is 12.3. The molecule has 0 bridgehead atoms. The van der Waals surface area contributed by atoms with Crippen molar-refractivity contribution in [2.45, 2.75) is 26.2 Å². The molecule has 0 saturated carbocycles. The van der Waals surface area contributed by atoms with Gasteiger partial charge in [-0.25, -0.2) is 0 Å². The first-order valence-corrected chi connectivity index (χ1v) is 8.68. The normalized spacial score (nSPS) is 15.0. The second kappa shape index (κ2) is 10.1. The highest BCUT2D eigenvalue weighted by molar-refractivity contribution is 5.97. The second-order valence-electron chi connectivity index (χ2n) is 5.90. The molecule has 1 aliphatic heterocycles. The number of hydrogen-bond acceptors (Lipinski definition) is 4. The first-order valence-electron chi connectivity index (χ1n) is 8.68. The van der Waals surface area contributed by atoms with Crippen LogP contribution in [0.5, 0.6) is 0 Å². The second-order valence-corrected chi connectivity index (χ2v) is 5.90. The number of ether oxygens (including phenoxy) is 1. The van der Waals surface area contributed by atoms with Gasteiger partial charge in [-0.3, -0.25) is 9.59 Å². The van der Waals surface area contributed by atoms with E-state index in [-0.39, 0.29) is 17.7 Å². The molecule has 3 N–H and O–H groups in total. The van der Waals surface area contributed by atoms with Gasteiger partial charge in [0.15, 0.2) is 0 Å². The molecule has 1 heterocycles. The van der Waals surface area contributed by atoms with Gasteiger partial charge < -0.3 is 20.7 Å². The lowest BCUT2D eigenvalue weighted by Crippen LogP contribution is -2.34. The summed E-state index contributed by atoms with van der Waals surface area (Å²) >= 11 is 0. The Morgan fingerprint density at radius 1 is 1.29 bits per heavy atom. The number of carbonyl (C=O) groups excluding carboxylic acids is 2. The van der Waals surface area contributed by atoms with Crippen molar-refractivity contribution in [1.82, 2.24) is 10.6 Å². The van der Waals surface area contributed by atoms with Gasteiger partial charge in [0.05, 0.1) is 0 Å². The Kier molecular flexibility index (Phi) is 7.71. The van der Waals surface area contributed by atoms with Crippen molar-refractivity contribution in [3.8, 4) is 0 Å². The van der Waals surface area contributed by atoms with Crippen molar-refractivity contribution in [3.05, 3.63) is 29.8 Å². The summed E-state index contributed by atoms with van der Waals surface area (Å²) in [4.78, 5) is 24.4. The summed E-state index contributed by atoms with van der Waals surface area (Å²) < 4.78 is 5.24. The summed E-state index contributed by atoms with van der Waals surface area (Å²) in [5.41, 5.74) is 1.22. The van der Waals surface area contributed by atoms with Crippen molar-refractivity contribution in [2.75, 3.05) is 38.2 Å². The predicted octanol–water partition coefficient (Wildman–Crippen LogP) is 1.78. The van der Waals surface area contributed by atoms with Crippen LogP contribution in [0.3, 0.4) is 0 Å². The van der Waals surface area contributed by atoms with Crippen LogP contribution in [-0.4, -0.2) is 44.7 Å². The minimum absolute atomic E-state index is 0.0331. The molecule has 6 nitrogen and oxygen atoms in total. The van der Waals surface area contributed by atoms with Crippen molar-refractivity contribution >= 4 is 17.5 Å². The van der Waals surface area contributed by atoms with Crippen LogP contribution in [0.4, 0.5) is 5.69 Å². The van der Waals surface area contributed by atoms with Gasteiger partial charge in [-0.15, -0.1) is 0 Å². The third-order valence-corrected chi connectivity index (χ3v) is 4.06. The average Bonchev–Trinajstić information content (AvgIpc) is 2.62. The number of nitrogens with one attached hydrogen (secondary N) is 3. The third kappa shape index (κ3) is 5.94. The summed E-state index contributed by atoms with van der Waals surface area (Å²) in [6.07, 6.45) is 2.49. The molecule has 6 heteroatoms. The van der Waals surface area contributed by atoms with Crippen molar-refractivity contribution in [3.63, 3.8) is 0 Å². The SMILES string of the molecule is CCOCCCNC(=O)c1cccc(NC(=O)C2CCNCC2)c1. The van der Waals surface area contributed by atoms with Gasteiger partial charge in [-0.1, -0.05) is 6.07 Å². The van der Waals surface area contributed by atoms with E-state index in [9.17, 15) is 9.59 Å². The molecule has 2 rings (SSSR count). The molecule has 0 aromatic heterocycles. The van der Waals surface area contributed by atoms with Gasteiger partial charge in [-0.05, 0) is 57.5 Å². The zero-order valence-electron chi connectivity index (χ0n) is 14.3. The topological polar surface area (TPSA) is 79.5 Å². The Bertz CT molecular complexity index is 542. The van der Waals surface area contributed by atoms with Crippen LogP contribution in [0.15, 0.2) is 24.3 Å². The molecule has 1 fully saturated rings. The Morgan fingerprint density at radius 3 is 2.83 bits per heavy atom. The number of anilines is 1. The van der Waals surface area contributed by atoms with Crippen molar-refractivity contribution < 1.29 is 14.3 Å². The minimum Gasteiger partial charge on any atom is -0.382 e. The molecule has 1 aromatic carbocycles. The molecular weight excluding hydrogens is 306 g/mol. The van der Waals surface area contributed by atoms with E-state index in [1.54, 1.807) is 18.2 Å². The lowest BCUT2D eigenvalue weighted by atomic mass is 9.97. The Morgan fingerprint density at radius 2 is 2.08 bits per heavy atom. The van der Waals surface area contributed by atoms with E-state index < -0.39 is 0 Å². The minimum atomic E-state index is -0.135. The van der Waals surface area contributed by atoms with Crippen LogP contribution in [0.25, 0.3) is 0 Å². The monoisotopic (exact) mass is 333 g/mol. The van der Waals surface area contributed by atoms with E-state index in [1.807, 2.05) is 13.0 Å². The third-order valence-electron chi connectivity index (χ3n) is 4.06. The Labute approximate surface area is 143 Å². The Hall–Kier alpha value is -1.92. The molecule has 2 amide bonds. The molecule has 0 atom stereocenters. The quantitative estimate of drug-likeness (QED) is 0.634. The zero-order valence-corrected chi connectivity index (χ0v) is 14.3. The zero-order chi connectivity index (χ0) is 17.2. The molecule has 1 aliphatic rings. The first kappa shape index (κ1) is 18.4. The van der Waals surface area contributed by atoms with Crippen LogP contribution < -0.4 is 16.0 Å². The summed E-state index contributed by atoms with van der Waals surface area (Å²) in [6.45, 7) is 5.60. The number of benzene rings is 1. The highest BCUT2D eigenvalue weighted by atomic mass is 16.5. The van der Waals surface area contributed by atoms with E-state index >= 15 is 0 Å². The van der Waals surface area contributed by atoms with E-state index in [1.165, 1.54) is 0 Å². The fraction of sp³-hybridized carbons (Fsp3) is 0.556. The Balaban J connectivity index is 1.83. The van der Waals surface area contributed by atoms with Gasteiger partial charge in [0.25, 0.3) is 5.91 Å². The van der Waals surface area contributed by atoms with Crippen molar-refractivity contribution in [2.24, 2.45) is 5.92 Å². The molecule has 0 aliphatic carbocycles. The molecule has 1 aromatic rings. The van der Waals surface area contributed by atoms with E-state index in [0.717, 1.165) is 32.4 Å².